The predicted octanol–water partition coefficient (Wildman–Crippen LogP) is 2.58. The summed E-state index contributed by atoms with van der Waals surface area (Å²) < 4.78 is 33.3. The second-order valence-electron chi connectivity index (χ2n) is 3.24. The number of carbonyl (C=O) groups excluding carboxylic acids is 2. The maximum Gasteiger partial charge on any atom is 0.387 e. The van der Waals surface area contributed by atoms with E-state index in [1.807, 2.05) is 0 Å². The SMILES string of the molecule is COC(=O)Cc1cc(Br)c(C=O)c(OC(F)F)c1. The van der Waals surface area contributed by atoms with Gasteiger partial charge in [-0.3, -0.25) is 9.59 Å². The molecule has 1 rings (SSSR count). The smallest absolute Gasteiger partial charge is 0.387 e. The van der Waals surface area contributed by atoms with Crippen molar-refractivity contribution in [2.45, 2.75) is 13.0 Å². The first-order chi connectivity index (χ1) is 8.47. The van der Waals surface area contributed by atoms with Crippen LogP contribution in [0.1, 0.15) is 15.9 Å². The first-order valence-electron chi connectivity index (χ1n) is 4.77. The van der Waals surface area contributed by atoms with Crippen LogP contribution in [0.2, 0.25) is 0 Å². The normalized spacial score (nSPS) is 10.3. The number of methoxy groups -OCH3 is 1. The monoisotopic (exact) mass is 322 g/mol. The molecule has 4 nitrogen and oxygen atoms in total. The minimum Gasteiger partial charge on any atom is -0.469 e. The number of ether oxygens (including phenoxy) is 2. The number of alkyl halides is 2. The second kappa shape index (κ2) is 6.44. The summed E-state index contributed by atoms with van der Waals surface area (Å²) in [6, 6.07) is 2.68. The minimum atomic E-state index is -3.05. The standard InChI is InChI=1S/C11H9BrF2O4/c1-17-10(16)4-6-2-8(12)7(5-15)9(3-6)18-11(13)14/h2-3,5,11H,4H2,1H3. The lowest BCUT2D eigenvalue weighted by molar-refractivity contribution is -0.139. The van der Waals surface area contributed by atoms with E-state index >= 15 is 0 Å². The first-order valence-corrected chi connectivity index (χ1v) is 5.56. The highest BCUT2D eigenvalue weighted by Crippen LogP contribution is 2.29. The lowest BCUT2D eigenvalue weighted by Crippen LogP contribution is -2.08. The fourth-order valence-electron chi connectivity index (χ4n) is 1.29. The fourth-order valence-corrected chi connectivity index (χ4v) is 1.88. The summed E-state index contributed by atoms with van der Waals surface area (Å²) in [4.78, 5) is 21.9. The van der Waals surface area contributed by atoms with E-state index in [2.05, 4.69) is 25.4 Å². The van der Waals surface area contributed by atoms with Crippen molar-refractivity contribution in [2.75, 3.05) is 7.11 Å². The molecule has 98 valence electrons. The van der Waals surface area contributed by atoms with Crippen molar-refractivity contribution in [3.05, 3.63) is 27.7 Å². The third kappa shape index (κ3) is 3.76. The highest BCUT2D eigenvalue weighted by atomic mass is 79.9. The van der Waals surface area contributed by atoms with Crippen LogP contribution < -0.4 is 4.74 Å². The molecule has 0 bridgehead atoms. The molecule has 0 saturated heterocycles. The Balaban J connectivity index is 3.12. The van der Waals surface area contributed by atoms with Crippen LogP contribution >= 0.6 is 15.9 Å². The molecule has 0 radical (unpaired) electrons. The average molecular weight is 323 g/mol. The van der Waals surface area contributed by atoms with E-state index in [0.717, 1.165) is 0 Å². The topological polar surface area (TPSA) is 52.6 Å². The quantitative estimate of drug-likeness (QED) is 0.617. The van der Waals surface area contributed by atoms with Crippen LogP contribution in [0.15, 0.2) is 16.6 Å². The molecule has 0 spiro atoms. The Hall–Kier alpha value is -1.50. The molecule has 0 saturated carbocycles. The van der Waals surface area contributed by atoms with E-state index in [1.54, 1.807) is 0 Å². The third-order valence-electron chi connectivity index (χ3n) is 2.06. The van der Waals surface area contributed by atoms with Gasteiger partial charge in [-0.1, -0.05) is 0 Å². The molecule has 18 heavy (non-hydrogen) atoms. The zero-order valence-corrected chi connectivity index (χ0v) is 10.9. The Morgan fingerprint density at radius 1 is 1.50 bits per heavy atom. The fraction of sp³-hybridized carbons (Fsp3) is 0.273. The Labute approximate surface area is 110 Å². The molecule has 0 atom stereocenters. The number of carbonyl (C=O) groups is 2. The van der Waals surface area contributed by atoms with Crippen LogP contribution in [-0.2, 0) is 16.0 Å². The highest BCUT2D eigenvalue weighted by molar-refractivity contribution is 9.10. The molecule has 0 fully saturated rings. The lowest BCUT2D eigenvalue weighted by atomic mass is 10.1. The number of benzene rings is 1. The van der Waals surface area contributed by atoms with Crippen molar-refractivity contribution in [3.63, 3.8) is 0 Å². The molecule has 0 unspecified atom stereocenters. The van der Waals surface area contributed by atoms with Crippen LogP contribution in [0.5, 0.6) is 5.75 Å². The van der Waals surface area contributed by atoms with Gasteiger partial charge in [0, 0.05) is 4.47 Å². The van der Waals surface area contributed by atoms with Crippen molar-refractivity contribution in [2.24, 2.45) is 0 Å². The van der Waals surface area contributed by atoms with Crippen molar-refractivity contribution in [1.29, 1.82) is 0 Å². The van der Waals surface area contributed by atoms with Gasteiger partial charge in [-0.05, 0) is 33.6 Å². The predicted molar refractivity (Wildman–Crippen MR) is 61.9 cm³/mol. The molecule has 0 amide bonds. The van der Waals surface area contributed by atoms with Gasteiger partial charge in [-0.15, -0.1) is 0 Å². The van der Waals surface area contributed by atoms with E-state index in [1.165, 1.54) is 19.2 Å². The summed E-state index contributed by atoms with van der Waals surface area (Å²) in [6.45, 7) is -3.05. The van der Waals surface area contributed by atoms with Gasteiger partial charge in [0.25, 0.3) is 0 Å². The van der Waals surface area contributed by atoms with Gasteiger partial charge in [-0.2, -0.15) is 8.78 Å². The largest absolute Gasteiger partial charge is 0.469 e. The number of hydrogen-bond donors (Lipinski definition) is 0. The number of rotatable bonds is 5. The number of aldehydes is 1. The third-order valence-corrected chi connectivity index (χ3v) is 2.72. The van der Waals surface area contributed by atoms with Crippen molar-refractivity contribution < 1.29 is 27.8 Å². The summed E-state index contributed by atoms with van der Waals surface area (Å²) in [7, 11) is 1.22. The number of esters is 1. The molecule has 0 aromatic heterocycles. The van der Waals surface area contributed by atoms with E-state index in [-0.39, 0.29) is 22.2 Å². The Kier molecular flexibility index (Phi) is 5.21. The van der Waals surface area contributed by atoms with Gasteiger partial charge in [0.1, 0.15) is 5.75 Å². The van der Waals surface area contributed by atoms with Gasteiger partial charge >= 0.3 is 12.6 Å². The maximum atomic E-state index is 12.2. The minimum absolute atomic E-state index is 0.0380. The van der Waals surface area contributed by atoms with E-state index < -0.39 is 12.6 Å². The number of hydrogen-bond acceptors (Lipinski definition) is 4. The summed E-state index contributed by atoms with van der Waals surface area (Å²) in [5, 5.41) is 0. The summed E-state index contributed by atoms with van der Waals surface area (Å²) in [5.74, 6) is -0.808. The second-order valence-corrected chi connectivity index (χ2v) is 4.09. The summed E-state index contributed by atoms with van der Waals surface area (Å²) in [5.41, 5.74) is 0.360. The molecule has 0 aliphatic carbocycles. The van der Waals surface area contributed by atoms with Crippen molar-refractivity contribution in [1.82, 2.24) is 0 Å². The van der Waals surface area contributed by atoms with Crippen LogP contribution in [0.3, 0.4) is 0 Å². The molecule has 7 heteroatoms. The molecular weight excluding hydrogens is 314 g/mol. The molecule has 1 aromatic rings. The van der Waals surface area contributed by atoms with E-state index in [4.69, 9.17) is 0 Å². The Morgan fingerprint density at radius 3 is 2.67 bits per heavy atom. The van der Waals surface area contributed by atoms with E-state index in [9.17, 15) is 18.4 Å². The lowest BCUT2D eigenvalue weighted by Gasteiger charge is -2.10. The van der Waals surface area contributed by atoms with E-state index in [0.29, 0.717) is 11.8 Å². The molecular formula is C11H9BrF2O4. The van der Waals surface area contributed by atoms with Crippen LogP contribution in [-0.4, -0.2) is 26.0 Å². The van der Waals surface area contributed by atoms with Crippen LogP contribution in [0.25, 0.3) is 0 Å². The zero-order chi connectivity index (χ0) is 13.7. The van der Waals surface area contributed by atoms with Gasteiger partial charge in [0.2, 0.25) is 0 Å². The summed E-state index contributed by atoms with van der Waals surface area (Å²) >= 11 is 3.05. The maximum absolute atomic E-state index is 12.2. The van der Waals surface area contributed by atoms with Crippen molar-refractivity contribution in [3.8, 4) is 5.75 Å². The average Bonchev–Trinajstić information content (AvgIpc) is 2.27. The molecule has 0 heterocycles. The van der Waals surface area contributed by atoms with Gasteiger partial charge in [-0.25, -0.2) is 0 Å². The Morgan fingerprint density at radius 2 is 2.17 bits per heavy atom. The summed E-state index contributed by atoms with van der Waals surface area (Å²) in [6.07, 6.45) is 0.289. The highest BCUT2D eigenvalue weighted by Gasteiger charge is 2.15. The molecule has 0 N–H and O–H groups in total. The Bertz CT molecular complexity index is 463. The van der Waals surface area contributed by atoms with Gasteiger partial charge in [0.15, 0.2) is 6.29 Å². The molecule has 0 aliphatic heterocycles. The molecule has 1 aromatic carbocycles. The zero-order valence-electron chi connectivity index (χ0n) is 9.28. The van der Waals surface area contributed by atoms with Crippen LogP contribution in [0, 0.1) is 0 Å². The first kappa shape index (κ1) is 14.6. The van der Waals surface area contributed by atoms with Gasteiger partial charge in [0.05, 0.1) is 19.1 Å². The van der Waals surface area contributed by atoms with Gasteiger partial charge < -0.3 is 9.47 Å². The van der Waals surface area contributed by atoms with Crippen molar-refractivity contribution >= 4 is 28.2 Å². The number of halogens is 3. The molecule has 0 aliphatic rings. The van der Waals surface area contributed by atoms with Crippen LogP contribution in [0.4, 0.5) is 8.78 Å².